The summed E-state index contributed by atoms with van der Waals surface area (Å²) in [6.45, 7) is -0.0695. The zero-order valence-electron chi connectivity index (χ0n) is 17.3. The summed E-state index contributed by atoms with van der Waals surface area (Å²) in [7, 11) is 0. The van der Waals surface area contributed by atoms with Gasteiger partial charge in [0.25, 0.3) is 11.8 Å². The van der Waals surface area contributed by atoms with Crippen LogP contribution in [-0.4, -0.2) is 29.2 Å². The van der Waals surface area contributed by atoms with E-state index in [2.05, 4.69) is 6.07 Å². The average Bonchev–Trinajstić information content (AvgIpc) is 3.07. The topological polar surface area (TPSA) is 87.5 Å². The summed E-state index contributed by atoms with van der Waals surface area (Å²) in [4.78, 5) is 38.2. The number of nitrogens with zero attached hydrogens (tertiary/aromatic N) is 2. The van der Waals surface area contributed by atoms with Crippen LogP contribution in [0.3, 0.4) is 0 Å². The fraction of sp³-hybridized carbons (Fsp3) is 0.0769. The first kappa shape index (κ1) is 22.0. The Labute approximate surface area is 195 Å². The van der Waals surface area contributed by atoms with Gasteiger partial charge >= 0.3 is 5.97 Å². The second-order valence-electron chi connectivity index (χ2n) is 7.28. The van der Waals surface area contributed by atoms with Gasteiger partial charge < -0.3 is 4.74 Å². The number of carbonyl (C=O) groups excluding carboxylic acids is 3. The summed E-state index contributed by atoms with van der Waals surface area (Å²) in [5.74, 6) is -1.11. The van der Waals surface area contributed by atoms with Crippen molar-refractivity contribution in [2.45, 2.75) is 6.42 Å². The first-order chi connectivity index (χ1) is 16.0. The van der Waals surface area contributed by atoms with Crippen LogP contribution >= 0.6 is 11.6 Å². The highest BCUT2D eigenvalue weighted by atomic mass is 35.5. The van der Waals surface area contributed by atoms with Crippen LogP contribution in [0.1, 0.15) is 38.3 Å². The van der Waals surface area contributed by atoms with Crippen molar-refractivity contribution in [2.75, 3.05) is 6.54 Å². The second-order valence-corrected chi connectivity index (χ2v) is 7.72. The Morgan fingerprint density at radius 3 is 2.27 bits per heavy atom. The Bertz CT molecular complexity index is 1290. The minimum atomic E-state index is -0.578. The minimum Gasteiger partial charge on any atom is -0.426 e. The molecule has 0 spiro atoms. The predicted molar refractivity (Wildman–Crippen MR) is 123 cm³/mol. The maximum Gasteiger partial charge on any atom is 0.312 e. The minimum absolute atomic E-state index is 0.0695. The number of ether oxygens (including phenoxy) is 1. The third kappa shape index (κ3) is 4.84. The van der Waals surface area contributed by atoms with E-state index in [4.69, 9.17) is 16.3 Å². The van der Waals surface area contributed by atoms with Crippen molar-refractivity contribution in [2.24, 2.45) is 0 Å². The molecule has 33 heavy (non-hydrogen) atoms. The lowest BCUT2D eigenvalue weighted by Gasteiger charge is -2.13. The van der Waals surface area contributed by atoms with E-state index < -0.39 is 17.8 Å². The molecule has 2 amide bonds. The number of benzene rings is 3. The average molecular weight is 457 g/mol. The molecular formula is C26H17ClN2O4. The lowest BCUT2D eigenvalue weighted by atomic mass is 10.0. The van der Waals surface area contributed by atoms with Crippen LogP contribution in [0.5, 0.6) is 5.75 Å². The van der Waals surface area contributed by atoms with E-state index in [1.54, 1.807) is 78.9 Å². The molecule has 162 valence electrons. The Morgan fingerprint density at radius 1 is 0.970 bits per heavy atom. The first-order valence-electron chi connectivity index (χ1n) is 10.1. The standard InChI is InChI=1S/C26H17ClN2O4/c27-20-10-8-18(9-11-20)19(16-28)14-17-4-3-5-21(15-17)33-24(30)12-13-29-25(31)22-6-1-2-7-23(22)26(29)32/h1-11,14-15H,12-13H2/b19-14-. The Morgan fingerprint density at radius 2 is 1.64 bits per heavy atom. The van der Waals surface area contributed by atoms with Crippen molar-refractivity contribution in [1.82, 2.24) is 4.90 Å². The normalized spacial score (nSPS) is 13.0. The zero-order valence-corrected chi connectivity index (χ0v) is 18.1. The molecule has 0 fully saturated rings. The molecule has 0 aliphatic carbocycles. The summed E-state index contributed by atoms with van der Waals surface area (Å²) in [6.07, 6.45) is 1.54. The number of carbonyl (C=O) groups is 3. The van der Waals surface area contributed by atoms with Crippen molar-refractivity contribution in [3.63, 3.8) is 0 Å². The van der Waals surface area contributed by atoms with Gasteiger partial charge in [-0.25, -0.2) is 0 Å². The molecule has 4 rings (SSSR count). The maximum absolute atomic E-state index is 12.4. The van der Waals surface area contributed by atoms with Gasteiger partial charge in [-0.2, -0.15) is 5.26 Å². The van der Waals surface area contributed by atoms with E-state index >= 15 is 0 Å². The van der Waals surface area contributed by atoms with Crippen molar-refractivity contribution in [3.05, 3.63) is 100 Å². The molecule has 6 nitrogen and oxygen atoms in total. The molecule has 3 aromatic rings. The molecular weight excluding hydrogens is 440 g/mol. The van der Waals surface area contributed by atoms with E-state index in [0.717, 1.165) is 4.90 Å². The van der Waals surface area contributed by atoms with Crippen LogP contribution in [0.25, 0.3) is 11.6 Å². The lowest BCUT2D eigenvalue weighted by Crippen LogP contribution is -2.32. The van der Waals surface area contributed by atoms with Gasteiger partial charge in [-0.3, -0.25) is 19.3 Å². The largest absolute Gasteiger partial charge is 0.426 e. The third-order valence-corrected chi connectivity index (χ3v) is 5.35. The monoisotopic (exact) mass is 456 g/mol. The molecule has 0 radical (unpaired) electrons. The Hall–Kier alpha value is -4.21. The number of esters is 1. The molecule has 0 unspecified atom stereocenters. The summed E-state index contributed by atoms with van der Waals surface area (Å²) >= 11 is 5.90. The van der Waals surface area contributed by atoms with Crippen molar-refractivity contribution in [1.29, 1.82) is 5.26 Å². The van der Waals surface area contributed by atoms with Crippen LogP contribution in [0.15, 0.2) is 72.8 Å². The Balaban J connectivity index is 1.41. The van der Waals surface area contributed by atoms with E-state index in [1.165, 1.54) is 0 Å². The number of amides is 2. The zero-order chi connectivity index (χ0) is 23.4. The molecule has 1 aliphatic rings. The maximum atomic E-state index is 12.4. The van der Waals surface area contributed by atoms with Crippen LogP contribution in [0, 0.1) is 11.3 Å². The van der Waals surface area contributed by atoms with Gasteiger partial charge in [-0.05, 0) is 53.6 Å². The molecule has 1 heterocycles. The second kappa shape index (κ2) is 9.51. The molecule has 0 saturated carbocycles. The van der Waals surface area contributed by atoms with Gasteiger partial charge in [0, 0.05) is 11.6 Å². The van der Waals surface area contributed by atoms with Gasteiger partial charge in [-0.1, -0.05) is 48.0 Å². The highest BCUT2D eigenvalue weighted by Crippen LogP contribution is 2.24. The molecule has 0 atom stereocenters. The van der Waals surface area contributed by atoms with E-state index in [-0.39, 0.29) is 13.0 Å². The number of allylic oxidation sites excluding steroid dienone is 1. The SMILES string of the molecule is N#C/C(=C/c1cccc(OC(=O)CCN2C(=O)c3ccccc3C2=O)c1)c1ccc(Cl)cc1. The molecule has 0 N–H and O–H groups in total. The van der Waals surface area contributed by atoms with E-state index in [9.17, 15) is 19.6 Å². The predicted octanol–water partition coefficient (Wildman–Crippen LogP) is 5.00. The third-order valence-electron chi connectivity index (χ3n) is 5.09. The van der Waals surface area contributed by atoms with Crippen LogP contribution in [-0.2, 0) is 4.79 Å². The molecule has 0 aromatic heterocycles. The molecule has 0 bridgehead atoms. The van der Waals surface area contributed by atoms with Crippen molar-refractivity contribution < 1.29 is 19.1 Å². The number of fused-ring (bicyclic) bond motifs is 1. The Kier molecular flexibility index (Phi) is 6.34. The lowest BCUT2D eigenvalue weighted by molar-refractivity contribution is -0.134. The highest BCUT2D eigenvalue weighted by Gasteiger charge is 2.35. The number of halogens is 1. The molecule has 7 heteroatoms. The number of hydrogen-bond donors (Lipinski definition) is 0. The van der Waals surface area contributed by atoms with Gasteiger partial charge in [0.1, 0.15) is 5.75 Å². The first-order valence-corrected chi connectivity index (χ1v) is 10.5. The molecule has 3 aromatic carbocycles. The highest BCUT2D eigenvalue weighted by molar-refractivity contribution is 6.30. The van der Waals surface area contributed by atoms with Crippen LogP contribution in [0.4, 0.5) is 0 Å². The smallest absolute Gasteiger partial charge is 0.312 e. The number of rotatable bonds is 6. The van der Waals surface area contributed by atoms with E-state index in [0.29, 0.717) is 38.6 Å². The van der Waals surface area contributed by atoms with Crippen molar-refractivity contribution >= 4 is 41.0 Å². The van der Waals surface area contributed by atoms with Gasteiger partial charge in [0.2, 0.25) is 0 Å². The summed E-state index contributed by atoms with van der Waals surface area (Å²) in [6, 6.07) is 22.4. The van der Waals surface area contributed by atoms with Crippen molar-refractivity contribution in [3.8, 4) is 11.8 Å². The fourth-order valence-corrected chi connectivity index (χ4v) is 3.60. The van der Waals surface area contributed by atoms with Gasteiger partial charge in [-0.15, -0.1) is 0 Å². The molecule has 0 saturated heterocycles. The summed E-state index contributed by atoms with van der Waals surface area (Å²) < 4.78 is 5.38. The fourth-order valence-electron chi connectivity index (χ4n) is 3.47. The van der Waals surface area contributed by atoms with Crippen LogP contribution in [0.2, 0.25) is 5.02 Å². The molecule has 1 aliphatic heterocycles. The summed E-state index contributed by atoms with van der Waals surface area (Å²) in [5, 5.41) is 10.1. The van der Waals surface area contributed by atoms with Crippen LogP contribution < -0.4 is 4.74 Å². The summed E-state index contributed by atoms with van der Waals surface area (Å²) in [5.41, 5.74) is 2.49. The van der Waals surface area contributed by atoms with Gasteiger partial charge in [0.05, 0.1) is 29.2 Å². The van der Waals surface area contributed by atoms with Gasteiger partial charge in [0.15, 0.2) is 0 Å². The number of nitriles is 1. The number of imide groups is 1. The number of hydrogen-bond acceptors (Lipinski definition) is 5. The van der Waals surface area contributed by atoms with E-state index in [1.807, 2.05) is 0 Å². The quantitative estimate of drug-likeness (QED) is 0.171.